The van der Waals surface area contributed by atoms with E-state index < -0.39 is 0 Å². The maximum atomic E-state index is 6.59. The summed E-state index contributed by atoms with van der Waals surface area (Å²) in [5.74, 6) is 0.755. The standard InChI is InChI=1S/C17H27N/c1-14(2)10-11-16(18)17(12-6-7-13-17)15-8-4-3-5-9-15/h3-5,8-9,14,16H,6-7,10-13,18H2,1-2H3. The Labute approximate surface area is 112 Å². The average molecular weight is 245 g/mol. The quantitative estimate of drug-likeness (QED) is 0.824. The van der Waals surface area contributed by atoms with Crippen LogP contribution in [0.3, 0.4) is 0 Å². The van der Waals surface area contributed by atoms with Crippen molar-refractivity contribution in [1.29, 1.82) is 0 Å². The highest BCUT2D eigenvalue weighted by Gasteiger charge is 2.40. The predicted octanol–water partition coefficient (Wildman–Crippen LogP) is 4.26. The van der Waals surface area contributed by atoms with Crippen LogP contribution in [0.4, 0.5) is 0 Å². The largest absolute Gasteiger partial charge is 0.327 e. The van der Waals surface area contributed by atoms with Crippen LogP contribution < -0.4 is 5.73 Å². The molecular weight excluding hydrogens is 218 g/mol. The number of rotatable bonds is 5. The van der Waals surface area contributed by atoms with Crippen molar-refractivity contribution in [3.8, 4) is 0 Å². The molecular formula is C17H27N. The zero-order valence-electron chi connectivity index (χ0n) is 11.9. The van der Waals surface area contributed by atoms with Gasteiger partial charge in [-0.15, -0.1) is 0 Å². The zero-order valence-corrected chi connectivity index (χ0v) is 11.9. The first kappa shape index (κ1) is 13.6. The molecule has 1 aromatic carbocycles. The summed E-state index contributed by atoms with van der Waals surface area (Å²) in [4.78, 5) is 0. The van der Waals surface area contributed by atoms with Crippen LogP contribution in [0.5, 0.6) is 0 Å². The Morgan fingerprint density at radius 3 is 2.22 bits per heavy atom. The molecule has 1 heteroatoms. The molecule has 1 nitrogen and oxygen atoms in total. The van der Waals surface area contributed by atoms with Crippen LogP contribution >= 0.6 is 0 Å². The topological polar surface area (TPSA) is 26.0 Å². The first-order valence-corrected chi connectivity index (χ1v) is 7.46. The second-order valence-electron chi connectivity index (χ2n) is 6.31. The van der Waals surface area contributed by atoms with Gasteiger partial charge >= 0.3 is 0 Å². The zero-order chi connectivity index (χ0) is 13.0. The summed E-state index contributed by atoms with van der Waals surface area (Å²) >= 11 is 0. The molecule has 0 bridgehead atoms. The summed E-state index contributed by atoms with van der Waals surface area (Å²) in [6, 6.07) is 11.3. The van der Waals surface area contributed by atoms with E-state index in [1.807, 2.05) is 0 Å². The maximum absolute atomic E-state index is 6.59. The summed E-state index contributed by atoms with van der Waals surface area (Å²) in [5.41, 5.74) is 8.33. The van der Waals surface area contributed by atoms with Crippen LogP contribution in [-0.4, -0.2) is 6.04 Å². The van der Waals surface area contributed by atoms with Gasteiger partial charge in [0, 0.05) is 11.5 Å². The SMILES string of the molecule is CC(C)CCC(N)C1(c2ccccc2)CCCC1. The van der Waals surface area contributed by atoms with E-state index in [1.165, 1.54) is 37.7 Å². The number of hydrogen-bond donors (Lipinski definition) is 1. The van der Waals surface area contributed by atoms with Gasteiger partial charge in [-0.25, -0.2) is 0 Å². The van der Waals surface area contributed by atoms with Crippen molar-refractivity contribution in [3.05, 3.63) is 35.9 Å². The van der Waals surface area contributed by atoms with Gasteiger partial charge in [0.05, 0.1) is 0 Å². The van der Waals surface area contributed by atoms with Crippen LogP contribution in [0.1, 0.15) is 57.9 Å². The minimum Gasteiger partial charge on any atom is -0.327 e. The summed E-state index contributed by atoms with van der Waals surface area (Å²) in [5, 5.41) is 0. The van der Waals surface area contributed by atoms with Gasteiger partial charge in [-0.05, 0) is 37.2 Å². The van der Waals surface area contributed by atoms with Crippen LogP contribution in [0.15, 0.2) is 30.3 Å². The minimum absolute atomic E-state index is 0.260. The van der Waals surface area contributed by atoms with Crippen molar-refractivity contribution in [3.63, 3.8) is 0 Å². The van der Waals surface area contributed by atoms with Crippen molar-refractivity contribution < 1.29 is 0 Å². The summed E-state index contributed by atoms with van der Waals surface area (Å²) < 4.78 is 0. The molecule has 2 N–H and O–H groups in total. The van der Waals surface area contributed by atoms with E-state index in [4.69, 9.17) is 5.73 Å². The lowest BCUT2D eigenvalue weighted by Gasteiger charge is -2.36. The van der Waals surface area contributed by atoms with Crippen LogP contribution in [-0.2, 0) is 5.41 Å². The monoisotopic (exact) mass is 245 g/mol. The normalized spacial score (nSPS) is 20.2. The van der Waals surface area contributed by atoms with Gasteiger partial charge in [0.1, 0.15) is 0 Å². The Bertz CT molecular complexity index is 349. The average Bonchev–Trinajstić information content (AvgIpc) is 2.87. The van der Waals surface area contributed by atoms with Gasteiger partial charge in [-0.2, -0.15) is 0 Å². The van der Waals surface area contributed by atoms with Gasteiger partial charge < -0.3 is 5.73 Å². The van der Waals surface area contributed by atoms with E-state index in [-0.39, 0.29) is 5.41 Å². The third-order valence-corrected chi connectivity index (χ3v) is 4.61. The molecule has 1 aliphatic rings. The molecule has 18 heavy (non-hydrogen) atoms. The highest BCUT2D eigenvalue weighted by atomic mass is 14.7. The Balaban J connectivity index is 2.17. The lowest BCUT2D eigenvalue weighted by atomic mass is 9.71. The molecule has 0 aliphatic heterocycles. The van der Waals surface area contributed by atoms with Crippen molar-refractivity contribution in [1.82, 2.24) is 0 Å². The third-order valence-electron chi connectivity index (χ3n) is 4.61. The maximum Gasteiger partial charge on any atom is 0.0136 e. The van der Waals surface area contributed by atoms with Gasteiger partial charge in [0.2, 0.25) is 0 Å². The third kappa shape index (κ3) is 2.77. The number of nitrogens with two attached hydrogens (primary N) is 1. The highest BCUT2D eigenvalue weighted by Crippen LogP contribution is 2.44. The second kappa shape index (κ2) is 5.88. The molecule has 0 radical (unpaired) electrons. The predicted molar refractivity (Wildman–Crippen MR) is 78.6 cm³/mol. The first-order chi connectivity index (χ1) is 8.65. The first-order valence-electron chi connectivity index (χ1n) is 7.46. The molecule has 0 aromatic heterocycles. The van der Waals surface area contributed by atoms with Crippen LogP contribution in [0, 0.1) is 5.92 Å². The fourth-order valence-corrected chi connectivity index (χ4v) is 3.44. The molecule has 0 spiro atoms. The lowest BCUT2D eigenvalue weighted by molar-refractivity contribution is 0.317. The molecule has 0 heterocycles. The second-order valence-corrected chi connectivity index (χ2v) is 6.31. The van der Waals surface area contributed by atoms with Crippen molar-refractivity contribution in [2.75, 3.05) is 0 Å². The highest BCUT2D eigenvalue weighted by molar-refractivity contribution is 5.29. The number of benzene rings is 1. The summed E-state index contributed by atoms with van der Waals surface area (Å²) in [7, 11) is 0. The van der Waals surface area contributed by atoms with Gasteiger partial charge in [-0.1, -0.05) is 57.0 Å². The molecule has 1 unspecified atom stereocenters. The molecule has 100 valence electrons. The van der Waals surface area contributed by atoms with E-state index in [0.717, 1.165) is 12.3 Å². The fourth-order valence-electron chi connectivity index (χ4n) is 3.44. The smallest absolute Gasteiger partial charge is 0.0136 e. The van der Waals surface area contributed by atoms with Crippen molar-refractivity contribution in [2.45, 2.75) is 63.8 Å². The van der Waals surface area contributed by atoms with E-state index in [1.54, 1.807) is 0 Å². The Kier molecular flexibility index (Phi) is 4.45. The van der Waals surface area contributed by atoms with Gasteiger partial charge in [-0.3, -0.25) is 0 Å². The molecule has 1 atom stereocenters. The van der Waals surface area contributed by atoms with Crippen molar-refractivity contribution >= 4 is 0 Å². The van der Waals surface area contributed by atoms with E-state index in [2.05, 4.69) is 44.2 Å². The van der Waals surface area contributed by atoms with Crippen LogP contribution in [0.25, 0.3) is 0 Å². The molecule has 0 saturated heterocycles. The molecule has 1 saturated carbocycles. The van der Waals surface area contributed by atoms with Crippen molar-refractivity contribution in [2.24, 2.45) is 11.7 Å². The van der Waals surface area contributed by atoms with Crippen LogP contribution in [0.2, 0.25) is 0 Å². The minimum atomic E-state index is 0.260. The van der Waals surface area contributed by atoms with Gasteiger partial charge in [0.15, 0.2) is 0 Å². The fraction of sp³-hybridized carbons (Fsp3) is 0.647. The summed E-state index contributed by atoms with van der Waals surface area (Å²) in [6.45, 7) is 4.58. The molecule has 0 amide bonds. The van der Waals surface area contributed by atoms with E-state index in [9.17, 15) is 0 Å². The Morgan fingerprint density at radius 1 is 1.06 bits per heavy atom. The Hall–Kier alpha value is -0.820. The number of hydrogen-bond acceptors (Lipinski definition) is 1. The molecule has 2 rings (SSSR count). The Morgan fingerprint density at radius 2 is 1.67 bits per heavy atom. The van der Waals surface area contributed by atoms with Gasteiger partial charge in [0.25, 0.3) is 0 Å². The molecule has 1 aromatic rings. The van der Waals surface area contributed by atoms with E-state index >= 15 is 0 Å². The lowest BCUT2D eigenvalue weighted by Crippen LogP contribution is -2.43. The van der Waals surface area contributed by atoms with E-state index in [0.29, 0.717) is 6.04 Å². The summed E-state index contributed by atoms with van der Waals surface area (Å²) in [6.07, 6.45) is 7.63. The molecule has 1 aliphatic carbocycles. The molecule has 1 fully saturated rings.